The standard InChI is InChI=1S/C71H50N2/c1-4-19-49(20-5-1)35-36-53-25-13-16-33-66(53)71(56-28-8-3-9-29-56)67-34-17-15-32-62(67)63-43-40-59(47-68(63)71)72(58-39-37-51-23-10-11-26-54(51)46-58)60-41-44-64-65-42-38-52-24-12-14-31-61(52)70(65)73(69(64)48-60)57-30-18-27-55(45-57)50-21-6-2-7-22-50/h1-34,37-48H,35-36H2. The average molecular weight is 931 g/mol. The topological polar surface area (TPSA) is 8.17 Å². The third-order valence-corrected chi connectivity index (χ3v) is 15.5. The van der Waals surface area contributed by atoms with Crippen LogP contribution in [0.5, 0.6) is 0 Å². The average Bonchev–Trinajstić information content (AvgIpc) is 3.96. The second-order valence-electron chi connectivity index (χ2n) is 19.5. The maximum Gasteiger partial charge on any atom is 0.0716 e. The van der Waals surface area contributed by atoms with Gasteiger partial charge in [0, 0.05) is 38.9 Å². The molecule has 1 atom stereocenters. The molecule has 0 N–H and O–H groups in total. The van der Waals surface area contributed by atoms with Crippen molar-refractivity contribution in [2.24, 2.45) is 0 Å². The van der Waals surface area contributed by atoms with Gasteiger partial charge in [-0.25, -0.2) is 0 Å². The first-order valence-corrected chi connectivity index (χ1v) is 25.5. The molecule has 13 aromatic rings. The Labute approximate surface area is 426 Å². The van der Waals surface area contributed by atoms with E-state index in [1.54, 1.807) is 0 Å². The third-order valence-electron chi connectivity index (χ3n) is 15.5. The molecule has 73 heavy (non-hydrogen) atoms. The van der Waals surface area contributed by atoms with Crippen molar-refractivity contribution < 1.29 is 0 Å². The molecule has 1 aromatic heterocycles. The van der Waals surface area contributed by atoms with Crippen molar-refractivity contribution in [3.63, 3.8) is 0 Å². The Balaban J connectivity index is 1.03. The van der Waals surface area contributed by atoms with Gasteiger partial charge in [-0.3, -0.25) is 0 Å². The van der Waals surface area contributed by atoms with Gasteiger partial charge in [0.25, 0.3) is 0 Å². The molecule has 1 heterocycles. The van der Waals surface area contributed by atoms with Crippen LogP contribution in [0.4, 0.5) is 17.1 Å². The molecule has 0 saturated carbocycles. The first kappa shape index (κ1) is 42.6. The van der Waals surface area contributed by atoms with Gasteiger partial charge in [0.2, 0.25) is 0 Å². The summed E-state index contributed by atoms with van der Waals surface area (Å²) in [7, 11) is 0. The molecule has 1 aliphatic rings. The summed E-state index contributed by atoms with van der Waals surface area (Å²) in [5, 5.41) is 7.31. The lowest BCUT2D eigenvalue weighted by atomic mass is 9.66. The molecule has 0 aliphatic heterocycles. The van der Waals surface area contributed by atoms with Crippen LogP contribution >= 0.6 is 0 Å². The van der Waals surface area contributed by atoms with Crippen LogP contribution in [-0.2, 0) is 18.3 Å². The van der Waals surface area contributed by atoms with Crippen LogP contribution in [0.15, 0.2) is 279 Å². The van der Waals surface area contributed by atoms with Crippen LogP contribution in [0.2, 0.25) is 0 Å². The van der Waals surface area contributed by atoms with E-state index in [9.17, 15) is 0 Å². The zero-order valence-corrected chi connectivity index (χ0v) is 40.4. The largest absolute Gasteiger partial charge is 0.310 e. The highest BCUT2D eigenvalue weighted by Gasteiger charge is 2.47. The number of rotatable bonds is 10. The summed E-state index contributed by atoms with van der Waals surface area (Å²) in [4.78, 5) is 2.49. The van der Waals surface area contributed by atoms with E-state index >= 15 is 0 Å². The zero-order chi connectivity index (χ0) is 48.3. The van der Waals surface area contributed by atoms with Gasteiger partial charge in [0.15, 0.2) is 0 Å². The van der Waals surface area contributed by atoms with Gasteiger partial charge in [-0.2, -0.15) is 0 Å². The fourth-order valence-electron chi connectivity index (χ4n) is 12.3. The molecule has 0 saturated heterocycles. The highest BCUT2D eigenvalue weighted by Crippen LogP contribution is 2.58. The van der Waals surface area contributed by atoms with Crippen LogP contribution in [-0.4, -0.2) is 4.57 Å². The monoisotopic (exact) mass is 930 g/mol. The smallest absolute Gasteiger partial charge is 0.0716 e. The van der Waals surface area contributed by atoms with E-state index in [0.29, 0.717) is 0 Å². The predicted octanol–water partition coefficient (Wildman–Crippen LogP) is 18.4. The molecule has 14 rings (SSSR count). The van der Waals surface area contributed by atoms with E-state index in [1.807, 2.05) is 0 Å². The number of hydrogen-bond acceptors (Lipinski definition) is 1. The summed E-state index contributed by atoms with van der Waals surface area (Å²) >= 11 is 0. The van der Waals surface area contributed by atoms with E-state index in [0.717, 1.165) is 41.1 Å². The first-order valence-electron chi connectivity index (χ1n) is 25.5. The van der Waals surface area contributed by atoms with Crippen molar-refractivity contribution in [3.8, 4) is 27.9 Å². The van der Waals surface area contributed by atoms with Gasteiger partial charge in [0.1, 0.15) is 0 Å². The Morgan fingerprint density at radius 1 is 0.342 bits per heavy atom. The van der Waals surface area contributed by atoms with Gasteiger partial charge in [-0.15, -0.1) is 0 Å². The minimum Gasteiger partial charge on any atom is -0.310 e. The summed E-state index contributed by atoms with van der Waals surface area (Å²) in [5.74, 6) is 0. The van der Waals surface area contributed by atoms with Crippen LogP contribution < -0.4 is 4.90 Å². The minimum atomic E-state index is -0.591. The maximum absolute atomic E-state index is 2.52. The van der Waals surface area contributed by atoms with E-state index in [-0.39, 0.29) is 0 Å². The molecule has 1 aliphatic carbocycles. The molecule has 0 spiro atoms. The molecule has 0 fully saturated rings. The van der Waals surface area contributed by atoms with Crippen LogP contribution in [0.25, 0.3) is 71.3 Å². The number of nitrogens with zero attached hydrogens (tertiary/aromatic N) is 2. The zero-order valence-electron chi connectivity index (χ0n) is 40.4. The van der Waals surface area contributed by atoms with Crippen molar-refractivity contribution in [1.29, 1.82) is 0 Å². The fraction of sp³-hybridized carbons (Fsp3) is 0.0423. The molecule has 344 valence electrons. The van der Waals surface area contributed by atoms with Crippen molar-refractivity contribution >= 4 is 60.4 Å². The van der Waals surface area contributed by atoms with Crippen molar-refractivity contribution in [2.45, 2.75) is 18.3 Å². The number of fused-ring (bicyclic) bond motifs is 9. The molecule has 2 nitrogen and oxygen atoms in total. The quantitative estimate of drug-likeness (QED) is 0.133. The molecule has 0 bridgehead atoms. The molecule has 0 amide bonds. The van der Waals surface area contributed by atoms with Gasteiger partial charge < -0.3 is 9.47 Å². The Bertz CT molecular complexity index is 4210. The number of anilines is 3. The predicted molar refractivity (Wildman–Crippen MR) is 307 cm³/mol. The summed E-state index contributed by atoms with van der Waals surface area (Å²) < 4.78 is 2.51. The van der Waals surface area contributed by atoms with Crippen LogP contribution in [0.3, 0.4) is 0 Å². The highest BCUT2D eigenvalue weighted by atomic mass is 15.1. The Morgan fingerprint density at radius 3 is 1.79 bits per heavy atom. The van der Waals surface area contributed by atoms with E-state index in [2.05, 4.69) is 289 Å². The van der Waals surface area contributed by atoms with Crippen molar-refractivity contribution in [2.75, 3.05) is 4.90 Å². The SMILES string of the molecule is c1ccc(CCc2ccccc2C2(c3ccccc3)c3ccccc3-c3ccc(N(c4ccc5ccccc5c4)c4ccc5c6ccc7ccccc7c6n(-c6cccc(-c7ccccc7)c6)c5c4)cc32)cc1. The summed E-state index contributed by atoms with van der Waals surface area (Å²) in [6, 6.07) is 104. The molecule has 2 heteroatoms. The molecular weight excluding hydrogens is 881 g/mol. The molecule has 0 radical (unpaired) electrons. The maximum atomic E-state index is 2.52. The van der Waals surface area contributed by atoms with Crippen LogP contribution in [0.1, 0.15) is 33.4 Å². The first-order chi connectivity index (χ1) is 36.2. The molecule has 1 unspecified atom stereocenters. The molecule has 12 aromatic carbocycles. The van der Waals surface area contributed by atoms with E-state index in [1.165, 1.54) is 93.5 Å². The lowest BCUT2D eigenvalue weighted by Gasteiger charge is -2.36. The number of benzene rings is 12. The normalized spacial score (nSPS) is 13.9. The summed E-state index contributed by atoms with van der Waals surface area (Å²) in [6.45, 7) is 0. The van der Waals surface area contributed by atoms with Crippen molar-refractivity contribution in [1.82, 2.24) is 4.57 Å². The van der Waals surface area contributed by atoms with E-state index in [4.69, 9.17) is 0 Å². The number of hydrogen-bond donors (Lipinski definition) is 0. The van der Waals surface area contributed by atoms with Crippen LogP contribution in [0, 0.1) is 0 Å². The Morgan fingerprint density at radius 2 is 0.945 bits per heavy atom. The minimum absolute atomic E-state index is 0.591. The van der Waals surface area contributed by atoms with Gasteiger partial charge in [-0.05, 0) is 133 Å². The summed E-state index contributed by atoms with van der Waals surface area (Å²) in [6.07, 6.45) is 1.88. The second-order valence-corrected chi connectivity index (χ2v) is 19.5. The van der Waals surface area contributed by atoms with Gasteiger partial charge in [0.05, 0.1) is 16.4 Å². The fourth-order valence-corrected chi connectivity index (χ4v) is 12.3. The summed E-state index contributed by atoms with van der Waals surface area (Å²) in [5.41, 5.74) is 19.0. The van der Waals surface area contributed by atoms with Gasteiger partial charge in [-0.1, -0.05) is 231 Å². The number of aromatic nitrogens is 1. The number of aryl methyl sites for hydroxylation is 2. The second kappa shape index (κ2) is 17.6. The van der Waals surface area contributed by atoms with Gasteiger partial charge >= 0.3 is 0 Å². The van der Waals surface area contributed by atoms with Crippen molar-refractivity contribution in [3.05, 3.63) is 312 Å². The Hall–Kier alpha value is -9.24. The molecular formula is C71H50N2. The lowest BCUT2D eigenvalue weighted by molar-refractivity contribution is 0.748. The highest BCUT2D eigenvalue weighted by molar-refractivity contribution is 6.19. The third kappa shape index (κ3) is 7.01. The lowest BCUT2D eigenvalue weighted by Crippen LogP contribution is -2.30. The van der Waals surface area contributed by atoms with E-state index < -0.39 is 5.41 Å². The Kier molecular flexibility index (Phi) is 10.3.